The fourth-order valence-corrected chi connectivity index (χ4v) is 3.81. The molecule has 1 N–H and O–H groups in total. The van der Waals surface area contributed by atoms with E-state index in [-0.39, 0.29) is 5.54 Å². The van der Waals surface area contributed by atoms with Crippen molar-refractivity contribution in [1.82, 2.24) is 20.3 Å². The number of hydrogen-bond donors (Lipinski definition) is 1. The summed E-state index contributed by atoms with van der Waals surface area (Å²) >= 11 is 3.02. The van der Waals surface area contributed by atoms with Crippen LogP contribution in [0.3, 0.4) is 0 Å². The van der Waals surface area contributed by atoms with Gasteiger partial charge in [0.2, 0.25) is 16.8 Å². The van der Waals surface area contributed by atoms with Gasteiger partial charge in [-0.15, -0.1) is 10.2 Å². The summed E-state index contributed by atoms with van der Waals surface area (Å²) in [6.07, 6.45) is 0. The van der Waals surface area contributed by atoms with Gasteiger partial charge < -0.3 is 14.6 Å². The molecule has 0 saturated carbocycles. The van der Waals surface area contributed by atoms with Crippen molar-refractivity contribution in [3.05, 3.63) is 30.2 Å². The number of anilines is 1. The first-order valence-electron chi connectivity index (χ1n) is 7.65. The summed E-state index contributed by atoms with van der Waals surface area (Å²) < 4.78 is 11.5. The molecular formula is C16H19N5O2S2. The van der Waals surface area contributed by atoms with E-state index in [0.29, 0.717) is 23.2 Å². The van der Waals surface area contributed by atoms with E-state index in [1.165, 1.54) is 23.1 Å². The Kier molecular flexibility index (Phi) is 5.24. The molecule has 0 spiro atoms. The van der Waals surface area contributed by atoms with Crippen LogP contribution in [0.2, 0.25) is 0 Å². The fraction of sp³-hybridized carbons (Fsp3) is 0.375. The van der Waals surface area contributed by atoms with Gasteiger partial charge in [-0.05, 0) is 32.9 Å². The summed E-state index contributed by atoms with van der Waals surface area (Å²) in [6, 6.07) is 7.58. The normalized spacial score (nSPS) is 11.5. The van der Waals surface area contributed by atoms with Crippen LogP contribution in [0.25, 0.3) is 11.4 Å². The molecule has 25 heavy (non-hydrogen) atoms. The van der Waals surface area contributed by atoms with Crippen molar-refractivity contribution >= 4 is 28.2 Å². The van der Waals surface area contributed by atoms with E-state index in [1.54, 1.807) is 7.11 Å². The molecule has 3 aromatic rings. The number of para-hydroxylation sites is 1. The van der Waals surface area contributed by atoms with Gasteiger partial charge in [0.05, 0.1) is 18.4 Å². The average Bonchev–Trinajstić information content (AvgIpc) is 3.20. The Labute approximate surface area is 154 Å². The van der Waals surface area contributed by atoms with E-state index < -0.39 is 0 Å². The summed E-state index contributed by atoms with van der Waals surface area (Å²) in [4.78, 5) is 4.43. The summed E-state index contributed by atoms with van der Waals surface area (Å²) in [7, 11) is 1.62. The Morgan fingerprint density at radius 1 is 1.24 bits per heavy atom. The third-order valence-corrected chi connectivity index (χ3v) is 4.98. The average molecular weight is 377 g/mol. The quantitative estimate of drug-likeness (QED) is 0.643. The monoisotopic (exact) mass is 377 g/mol. The first kappa shape index (κ1) is 17.7. The second-order valence-electron chi connectivity index (χ2n) is 6.25. The van der Waals surface area contributed by atoms with Crippen molar-refractivity contribution in [2.45, 2.75) is 36.4 Å². The number of methoxy groups -OCH3 is 1. The minimum Gasteiger partial charge on any atom is -0.496 e. The van der Waals surface area contributed by atoms with Gasteiger partial charge >= 0.3 is 0 Å². The van der Waals surface area contributed by atoms with Crippen LogP contribution in [0.1, 0.15) is 26.7 Å². The molecule has 3 rings (SSSR count). The van der Waals surface area contributed by atoms with Crippen molar-refractivity contribution < 1.29 is 9.26 Å². The third-order valence-electron chi connectivity index (χ3n) is 3.02. The molecule has 7 nitrogen and oxygen atoms in total. The van der Waals surface area contributed by atoms with E-state index in [2.05, 4.69) is 46.4 Å². The van der Waals surface area contributed by atoms with Gasteiger partial charge in [-0.2, -0.15) is 4.98 Å². The lowest BCUT2D eigenvalue weighted by atomic mass is 10.1. The van der Waals surface area contributed by atoms with Crippen LogP contribution in [0.4, 0.5) is 5.13 Å². The Bertz CT molecular complexity index is 841. The molecule has 0 radical (unpaired) electrons. The van der Waals surface area contributed by atoms with E-state index in [9.17, 15) is 0 Å². The minimum absolute atomic E-state index is 0.0440. The molecular weight excluding hydrogens is 358 g/mol. The van der Waals surface area contributed by atoms with Crippen LogP contribution >= 0.6 is 23.1 Å². The summed E-state index contributed by atoms with van der Waals surface area (Å²) in [6.45, 7) is 6.25. The lowest BCUT2D eigenvalue weighted by molar-refractivity contribution is 0.390. The number of rotatable bonds is 6. The Balaban J connectivity index is 1.64. The van der Waals surface area contributed by atoms with E-state index in [0.717, 1.165) is 15.0 Å². The first-order valence-corrected chi connectivity index (χ1v) is 9.45. The summed E-state index contributed by atoms with van der Waals surface area (Å²) in [5.41, 5.74) is 0.759. The number of hydrogen-bond acceptors (Lipinski definition) is 9. The number of aromatic nitrogens is 4. The van der Waals surface area contributed by atoms with Gasteiger partial charge in [0.1, 0.15) is 5.75 Å². The molecule has 2 aromatic heterocycles. The van der Waals surface area contributed by atoms with Gasteiger partial charge in [-0.3, -0.25) is 0 Å². The number of nitrogens with one attached hydrogen (secondary N) is 1. The predicted octanol–water partition coefficient (Wildman–Crippen LogP) is 4.10. The van der Waals surface area contributed by atoms with Crippen LogP contribution in [-0.2, 0) is 5.75 Å². The highest BCUT2D eigenvalue weighted by Gasteiger charge is 2.15. The Morgan fingerprint density at radius 2 is 2.04 bits per heavy atom. The van der Waals surface area contributed by atoms with Crippen LogP contribution in [-0.4, -0.2) is 33.0 Å². The third kappa shape index (κ3) is 4.70. The van der Waals surface area contributed by atoms with Crippen molar-refractivity contribution in [3.63, 3.8) is 0 Å². The van der Waals surface area contributed by atoms with Crippen LogP contribution in [0.15, 0.2) is 33.1 Å². The van der Waals surface area contributed by atoms with E-state index in [1.807, 2.05) is 24.3 Å². The topological polar surface area (TPSA) is 86.0 Å². The molecule has 132 valence electrons. The van der Waals surface area contributed by atoms with E-state index >= 15 is 0 Å². The lowest BCUT2D eigenvalue weighted by Gasteiger charge is -2.18. The predicted molar refractivity (Wildman–Crippen MR) is 99.1 cm³/mol. The molecule has 0 saturated heterocycles. The van der Waals surface area contributed by atoms with Gasteiger partial charge in [0.15, 0.2) is 4.34 Å². The Morgan fingerprint density at radius 3 is 2.80 bits per heavy atom. The van der Waals surface area contributed by atoms with Gasteiger partial charge in [0.25, 0.3) is 0 Å². The van der Waals surface area contributed by atoms with Crippen LogP contribution < -0.4 is 10.1 Å². The number of nitrogens with zero attached hydrogens (tertiary/aromatic N) is 4. The van der Waals surface area contributed by atoms with Gasteiger partial charge in [-0.25, -0.2) is 0 Å². The smallest absolute Gasteiger partial charge is 0.237 e. The number of benzene rings is 1. The van der Waals surface area contributed by atoms with Crippen LogP contribution in [0, 0.1) is 0 Å². The van der Waals surface area contributed by atoms with Crippen molar-refractivity contribution in [2.24, 2.45) is 0 Å². The SMILES string of the molecule is COc1ccccc1-c1noc(CSc2nnc(NC(C)(C)C)s2)n1. The van der Waals surface area contributed by atoms with Crippen molar-refractivity contribution in [3.8, 4) is 17.1 Å². The molecule has 0 aliphatic heterocycles. The number of thioether (sulfide) groups is 1. The van der Waals surface area contributed by atoms with E-state index in [4.69, 9.17) is 9.26 Å². The lowest BCUT2D eigenvalue weighted by Crippen LogP contribution is -2.25. The first-order chi connectivity index (χ1) is 11.9. The second-order valence-corrected chi connectivity index (χ2v) is 8.45. The molecule has 0 bridgehead atoms. The standard InChI is InChI=1S/C16H19N5O2S2/c1-16(2,3)18-14-19-20-15(25-14)24-9-12-17-13(21-23-12)10-7-5-6-8-11(10)22-4/h5-8H,9H2,1-4H3,(H,18,19). The summed E-state index contributed by atoms with van der Waals surface area (Å²) in [5, 5.41) is 16.5. The highest BCUT2D eigenvalue weighted by atomic mass is 32.2. The highest BCUT2D eigenvalue weighted by molar-refractivity contribution is 8.00. The maximum atomic E-state index is 5.33. The fourth-order valence-electron chi connectivity index (χ4n) is 2.02. The second kappa shape index (κ2) is 7.40. The molecule has 0 atom stereocenters. The number of ether oxygens (including phenoxy) is 1. The zero-order chi connectivity index (χ0) is 17.9. The largest absolute Gasteiger partial charge is 0.496 e. The molecule has 0 amide bonds. The molecule has 0 aliphatic rings. The molecule has 9 heteroatoms. The van der Waals surface area contributed by atoms with Gasteiger partial charge in [-0.1, -0.05) is 40.4 Å². The highest BCUT2D eigenvalue weighted by Crippen LogP contribution is 2.31. The Hall–Kier alpha value is -2.13. The van der Waals surface area contributed by atoms with Crippen molar-refractivity contribution in [2.75, 3.05) is 12.4 Å². The van der Waals surface area contributed by atoms with Crippen molar-refractivity contribution in [1.29, 1.82) is 0 Å². The molecule has 1 aromatic carbocycles. The summed E-state index contributed by atoms with van der Waals surface area (Å²) in [5.74, 6) is 2.29. The molecule has 0 aliphatic carbocycles. The zero-order valence-electron chi connectivity index (χ0n) is 14.4. The molecule has 0 unspecified atom stereocenters. The maximum absolute atomic E-state index is 5.33. The maximum Gasteiger partial charge on any atom is 0.237 e. The molecule has 2 heterocycles. The zero-order valence-corrected chi connectivity index (χ0v) is 16.1. The minimum atomic E-state index is -0.0440. The molecule has 0 fully saturated rings. The van der Waals surface area contributed by atoms with Gasteiger partial charge in [0, 0.05) is 5.54 Å². The van der Waals surface area contributed by atoms with Crippen LogP contribution in [0.5, 0.6) is 5.75 Å².